The second kappa shape index (κ2) is 7.08. The molecule has 0 fully saturated rings. The van der Waals surface area contributed by atoms with Crippen LogP contribution in [0, 0.1) is 0 Å². The van der Waals surface area contributed by atoms with Gasteiger partial charge in [-0.15, -0.1) is 0 Å². The van der Waals surface area contributed by atoms with Gasteiger partial charge in [0.25, 0.3) is 0 Å². The highest BCUT2D eigenvalue weighted by Crippen LogP contribution is 2.33. The summed E-state index contributed by atoms with van der Waals surface area (Å²) in [6.45, 7) is 2.19. The van der Waals surface area contributed by atoms with Gasteiger partial charge in [-0.2, -0.15) is 0 Å². The molecule has 106 valence electrons. The lowest BCUT2D eigenvalue weighted by molar-refractivity contribution is 0.412. The summed E-state index contributed by atoms with van der Waals surface area (Å²) in [5, 5.41) is 0. The van der Waals surface area contributed by atoms with Crippen molar-refractivity contribution in [1.29, 1.82) is 0 Å². The maximum atomic E-state index is 5.81. The van der Waals surface area contributed by atoms with E-state index in [0.717, 1.165) is 12.2 Å². The van der Waals surface area contributed by atoms with Gasteiger partial charge in [-0.05, 0) is 29.7 Å². The molecule has 2 aromatic carbocycles. The molecule has 0 aliphatic heterocycles. The first-order chi connectivity index (χ1) is 9.80. The Bertz CT molecular complexity index is 510. The van der Waals surface area contributed by atoms with Gasteiger partial charge in [-0.1, -0.05) is 49.4 Å². The summed E-state index contributed by atoms with van der Waals surface area (Å²) in [4.78, 5) is 0. The van der Waals surface area contributed by atoms with Gasteiger partial charge in [-0.25, -0.2) is 0 Å². The maximum absolute atomic E-state index is 5.81. The first-order valence-electron chi connectivity index (χ1n) is 6.95. The molecule has 3 heteroatoms. The molecule has 0 aromatic heterocycles. The van der Waals surface area contributed by atoms with Gasteiger partial charge in [0.2, 0.25) is 0 Å². The second-order valence-electron chi connectivity index (χ2n) is 4.84. The first kappa shape index (κ1) is 14.6. The van der Waals surface area contributed by atoms with E-state index in [-0.39, 0.29) is 6.04 Å². The van der Waals surface area contributed by atoms with Crippen LogP contribution in [0.25, 0.3) is 0 Å². The zero-order valence-electron chi connectivity index (χ0n) is 12.0. The van der Waals surface area contributed by atoms with Crippen LogP contribution in [0.2, 0.25) is 0 Å². The topological polar surface area (TPSA) is 47.3 Å². The minimum Gasteiger partial charge on any atom is -0.497 e. The van der Waals surface area contributed by atoms with Crippen molar-refractivity contribution in [2.75, 3.05) is 7.11 Å². The van der Waals surface area contributed by atoms with Gasteiger partial charge in [0.15, 0.2) is 0 Å². The fourth-order valence-electron chi connectivity index (χ4n) is 2.62. The van der Waals surface area contributed by atoms with E-state index in [1.807, 2.05) is 18.2 Å². The Morgan fingerprint density at radius 2 is 1.65 bits per heavy atom. The Morgan fingerprint density at radius 3 is 2.15 bits per heavy atom. The van der Waals surface area contributed by atoms with Crippen molar-refractivity contribution < 1.29 is 4.74 Å². The van der Waals surface area contributed by atoms with Gasteiger partial charge < -0.3 is 4.74 Å². The van der Waals surface area contributed by atoms with E-state index in [2.05, 4.69) is 48.7 Å². The fraction of sp³-hybridized carbons (Fsp3) is 0.294. The van der Waals surface area contributed by atoms with Crippen LogP contribution < -0.4 is 16.0 Å². The van der Waals surface area contributed by atoms with E-state index in [1.165, 1.54) is 11.1 Å². The molecule has 0 aliphatic rings. The monoisotopic (exact) mass is 270 g/mol. The lowest BCUT2D eigenvalue weighted by atomic mass is 9.85. The van der Waals surface area contributed by atoms with Gasteiger partial charge in [0.1, 0.15) is 5.75 Å². The molecule has 3 nitrogen and oxygen atoms in total. The summed E-state index contributed by atoms with van der Waals surface area (Å²) < 4.78 is 5.20. The third-order valence-corrected chi connectivity index (χ3v) is 3.72. The average molecular weight is 270 g/mol. The van der Waals surface area contributed by atoms with Crippen molar-refractivity contribution in [1.82, 2.24) is 5.43 Å². The Hall–Kier alpha value is -1.84. The molecule has 0 bridgehead atoms. The van der Waals surface area contributed by atoms with Crippen molar-refractivity contribution in [2.24, 2.45) is 5.84 Å². The molecule has 0 aliphatic carbocycles. The van der Waals surface area contributed by atoms with Gasteiger partial charge in [0, 0.05) is 5.92 Å². The molecular formula is C17H22N2O. The number of methoxy groups -OCH3 is 1. The number of rotatable bonds is 6. The summed E-state index contributed by atoms with van der Waals surface area (Å²) in [5.41, 5.74) is 5.43. The summed E-state index contributed by atoms with van der Waals surface area (Å²) >= 11 is 0. The quantitative estimate of drug-likeness (QED) is 0.625. The van der Waals surface area contributed by atoms with E-state index in [0.29, 0.717) is 5.92 Å². The summed E-state index contributed by atoms with van der Waals surface area (Å²) in [5.74, 6) is 7.01. The standard InChI is InChI=1S/C17H22N2O/c1-3-16(13-7-5-4-6-8-13)17(19-18)14-9-11-15(20-2)12-10-14/h4-12,16-17,19H,3,18H2,1-2H3. The zero-order chi connectivity index (χ0) is 14.4. The summed E-state index contributed by atoms with van der Waals surface area (Å²) in [7, 11) is 1.67. The lowest BCUT2D eigenvalue weighted by Crippen LogP contribution is -2.32. The van der Waals surface area contributed by atoms with E-state index in [1.54, 1.807) is 7.11 Å². The number of nitrogens with two attached hydrogens (primary N) is 1. The first-order valence-corrected chi connectivity index (χ1v) is 6.95. The SMILES string of the molecule is CCC(c1ccccc1)C(NN)c1ccc(OC)cc1. The van der Waals surface area contributed by atoms with Crippen LogP contribution >= 0.6 is 0 Å². The van der Waals surface area contributed by atoms with Crippen LogP contribution in [0.5, 0.6) is 5.75 Å². The van der Waals surface area contributed by atoms with E-state index in [9.17, 15) is 0 Å². The van der Waals surface area contributed by atoms with Crippen LogP contribution in [0.3, 0.4) is 0 Å². The van der Waals surface area contributed by atoms with Crippen molar-refractivity contribution in [3.63, 3.8) is 0 Å². The molecule has 0 saturated heterocycles. The van der Waals surface area contributed by atoms with Gasteiger partial charge >= 0.3 is 0 Å². The smallest absolute Gasteiger partial charge is 0.118 e. The number of nitrogens with one attached hydrogen (secondary N) is 1. The molecule has 2 unspecified atom stereocenters. The van der Waals surface area contributed by atoms with Crippen LogP contribution in [0.1, 0.15) is 36.4 Å². The number of benzene rings is 2. The second-order valence-corrected chi connectivity index (χ2v) is 4.84. The lowest BCUT2D eigenvalue weighted by Gasteiger charge is -2.26. The van der Waals surface area contributed by atoms with Crippen LogP contribution in [-0.4, -0.2) is 7.11 Å². The molecule has 2 atom stereocenters. The normalized spacial score (nSPS) is 13.8. The minimum atomic E-state index is 0.0910. The van der Waals surface area contributed by atoms with Crippen molar-refractivity contribution in [3.8, 4) is 5.75 Å². The predicted octanol–water partition coefficient (Wildman–Crippen LogP) is 3.39. The Morgan fingerprint density at radius 1 is 1.00 bits per heavy atom. The van der Waals surface area contributed by atoms with E-state index < -0.39 is 0 Å². The van der Waals surface area contributed by atoms with Crippen LogP contribution in [0.4, 0.5) is 0 Å². The molecule has 3 N–H and O–H groups in total. The third kappa shape index (κ3) is 3.18. The number of hydrogen-bond acceptors (Lipinski definition) is 3. The molecule has 0 spiro atoms. The van der Waals surface area contributed by atoms with Gasteiger partial charge in [-0.3, -0.25) is 11.3 Å². The van der Waals surface area contributed by atoms with Crippen LogP contribution in [-0.2, 0) is 0 Å². The predicted molar refractivity (Wildman–Crippen MR) is 82.5 cm³/mol. The molecular weight excluding hydrogens is 248 g/mol. The van der Waals surface area contributed by atoms with E-state index >= 15 is 0 Å². The highest BCUT2D eigenvalue weighted by atomic mass is 16.5. The van der Waals surface area contributed by atoms with E-state index in [4.69, 9.17) is 10.6 Å². The Labute approximate surface area is 120 Å². The Balaban J connectivity index is 2.29. The number of hydrogen-bond donors (Lipinski definition) is 2. The molecule has 2 aromatic rings. The third-order valence-electron chi connectivity index (χ3n) is 3.72. The van der Waals surface area contributed by atoms with Crippen molar-refractivity contribution in [3.05, 3.63) is 65.7 Å². The molecule has 0 heterocycles. The highest BCUT2D eigenvalue weighted by molar-refractivity contribution is 5.32. The molecule has 0 radical (unpaired) electrons. The molecule has 2 rings (SSSR count). The van der Waals surface area contributed by atoms with Gasteiger partial charge in [0.05, 0.1) is 13.2 Å². The van der Waals surface area contributed by atoms with Crippen molar-refractivity contribution >= 4 is 0 Å². The maximum Gasteiger partial charge on any atom is 0.118 e. The fourth-order valence-corrected chi connectivity index (χ4v) is 2.62. The summed E-state index contributed by atoms with van der Waals surface area (Å²) in [6, 6.07) is 18.6. The largest absolute Gasteiger partial charge is 0.497 e. The average Bonchev–Trinajstić information content (AvgIpc) is 2.53. The Kier molecular flexibility index (Phi) is 5.16. The van der Waals surface area contributed by atoms with Crippen molar-refractivity contribution in [2.45, 2.75) is 25.3 Å². The molecule has 20 heavy (non-hydrogen) atoms. The molecule has 0 amide bonds. The molecule has 0 saturated carbocycles. The highest BCUT2D eigenvalue weighted by Gasteiger charge is 2.22. The van der Waals surface area contributed by atoms with Crippen LogP contribution in [0.15, 0.2) is 54.6 Å². The minimum absolute atomic E-state index is 0.0910. The number of hydrazine groups is 1. The number of ether oxygens (including phenoxy) is 1. The zero-order valence-corrected chi connectivity index (χ0v) is 12.0. The summed E-state index contributed by atoms with van der Waals surface area (Å²) in [6.07, 6.45) is 1.02.